The van der Waals surface area contributed by atoms with Crippen molar-refractivity contribution in [3.63, 3.8) is 0 Å². The SMILES string of the molecule is Fc1cc(Br)cc(CNc2ccc3ccccc3c2)c1. The van der Waals surface area contributed by atoms with Crippen LogP contribution in [0.25, 0.3) is 10.8 Å². The summed E-state index contributed by atoms with van der Waals surface area (Å²) in [5, 5.41) is 5.73. The molecule has 0 radical (unpaired) electrons. The van der Waals surface area contributed by atoms with E-state index in [4.69, 9.17) is 0 Å². The average Bonchev–Trinajstić information content (AvgIpc) is 2.44. The van der Waals surface area contributed by atoms with Crippen molar-refractivity contribution in [3.8, 4) is 0 Å². The van der Waals surface area contributed by atoms with E-state index in [1.54, 1.807) is 6.07 Å². The van der Waals surface area contributed by atoms with Crippen LogP contribution in [0.1, 0.15) is 5.56 Å². The average molecular weight is 330 g/mol. The Morgan fingerprint density at radius 2 is 1.70 bits per heavy atom. The third-order valence-corrected chi connectivity index (χ3v) is 3.63. The molecule has 0 amide bonds. The molecule has 20 heavy (non-hydrogen) atoms. The third kappa shape index (κ3) is 2.99. The zero-order valence-electron chi connectivity index (χ0n) is 10.7. The molecule has 0 atom stereocenters. The largest absolute Gasteiger partial charge is 0.381 e. The lowest BCUT2D eigenvalue weighted by molar-refractivity contribution is 0.625. The lowest BCUT2D eigenvalue weighted by atomic mass is 10.1. The van der Waals surface area contributed by atoms with E-state index in [1.165, 1.54) is 16.8 Å². The molecular weight excluding hydrogens is 317 g/mol. The molecule has 0 heterocycles. The number of fused-ring (bicyclic) bond motifs is 1. The highest BCUT2D eigenvalue weighted by atomic mass is 79.9. The predicted octanol–water partition coefficient (Wildman–Crippen LogP) is 5.35. The summed E-state index contributed by atoms with van der Waals surface area (Å²) < 4.78 is 14.1. The van der Waals surface area contributed by atoms with Gasteiger partial charge in [-0.15, -0.1) is 0 Å². The molecule has 0 aliphatic carbocycles. The highest BCUT2D eigenvalue weighted by molar-refractivity contribution is 9.10. The molecule has 3 aromatic rings. The molecule has 1 nitrogen and oxygen atoms in total. The summed E-state index contributed by atoms with van der Waals surface area (Å²) in [4.78, 5) is 0. The van der Waals surface area contributed by atoms with Gasteiger partial charge in [0.15, 0.2) is 0 Å². The van der Waals surface area contributed by atoms with E-state index in [9.17, 15) is 4.39 Å². The second-order valence-corrected chi connectivity index (χ2v) is 5.61. The zero-order valence-corrected chi connectivity index (χ0v) is 12.3. The predicted molar refractivity (Wildman–Crippen MR) is 85.4 cm³/mol. The molecular formula is C17H13BrFN. The smallest absolute Gasteiger partial charge is 0.124 e. The number of benzene rings is 3. The van der Waals surface area contributed by atoms with Gasteiger partial charge >= 0.3 is 0 Å². The standard InChI is InChI=1S/C17H13BrFN/c18-15-7-12(8-16(19)10-15)11-20-17-6-5-13-3-1-2-4-14(13)9-17/h1-10,20H,11H2. The summed E-state index contributed by atoms with van der Waals surface area (Å²) in [5.74, 6) is -0.227. The number of rotatable bonds is 3. The Balaban J connectivity index is 1.79. The molecule has 0 spiro atoms. The number of halogens is 2. The fraction of sp³-hybridized carbons (Fsp3) is 0.0588. The van der Waals surface area contributed by atoms with Gasteiger partial charge in [-0.05, 0) is 46.7 Å². The van der Waals surface area contributed by atoms with Crippen LogP contribution in [-0.4, -0.2) is 0 Å². The molecule has 1 N–H and O–H groups in total. The van der Waals surface area contributed by atoms with Crippen LogP contribution < -0.4 is 5.32 Å². The summed E-state index contributed by atoms with van der Waals surface area (Å²) in [5.41, 5.74) is 1.94. The molecule has 0 fully saturated rings. The molecule has 0 saturated carbocycles. The zero-order chi connectivity index (χ0) is 13.9. The first-order valence-electron chi connectivity index (χ1n) is 6.38. The summed E-state index contributed by atoms with van der Waals surface area (Å²) in [6, 6.07) is 19.4. The summed E-state index contributed by atoms with van der Waals surface area (Å²) in [6.07, 6.45) is 0. The van der Waals surface area contributed by atoms with E-state index in [-0.39, 0.29) is 5.82 Å². The van der Waals surface area contributed by atoms with Crippen molar-refractivity contribution in [3.05, 3.63) is 76.5 Å². The van der Waals surface area contributed by atoms with Crippen LogP contribution >= 0.6 is 15.9 Å². The number of hydrogen-bond donors (Lipinski definition) is 1. The van der Waals surface area contributed by atoms with Gasteiger partial charge in [0.2, 0.25) is 0 Å². The lowest BCUT2D eigenvalue weighted by Gasteiger charge is -2.08. The van der Waals surface area contributed by atoms with Crippen molar-refractivity contribution in [2.75, 3.05) is 5.32 Å². The Hall–Kier alpha value is -1.87. The van der Waals surface area contributed by atoms with Crippen LogP contribution in [0.15, 0.2) is 65.1 Å². The molecule has 0 aliphatic rings. The maximum atomic E-state index is 13.3. The van der Waals surface area contributed by atoms with E-state index < -0.39 is 0 Å². The Labute approximate surface area is 125 Å². The molecule has 3 heteroatoms. The van der Waals surface area contributed by atoms with Crippen molar-refractivity contribution in [2.24, 2.45) is 0 Å². The van der Waals surface area contributed by atoms with Crippen LogP contribution in [0.4, 0.5) is 10.1 Å². The second kappa shape index (κ2) is 5.63. The van der Waals surface area contributed by atoms with Gasteiger partial charge in [0, 0.05) is 16.7 Å². The number of anilines is 1. The monoisotopic (exact) mass is 329 g/mol. The minimum atomic E-state index is -0.227. The van der Waals surface area contributed by atoms with Gasteiger partial charge in [0.1, 0.15) is 5.82 Å². The Bertz CT molecular complexity index is 735. The van der Waals surface area contributed by atoms with Gasteiger partial charge in [-0.2, -0.15) is 0 Å². The van der Waals surface area contributed by atoms with Gasteiger partial charge in [-0.25, -0.2) is 4.39 Å². The van der Waals surface area contributed by atoms with E-state index in [2.05, 4.69) is 45.5 Å². The lowest BCUT2D eigenvalue weighted by Crippen LogP contribution is -1.99. The fourth-order valence-corrected chi connectivity index (χ4v) is 2.73. The van der Waals surface area contributed by atoms with E-state index >= 15 is 0 Å². The van der Waals surface area contributed by atoms with Crippen molar-refractivity contribution < 1.29 is 4.39 Å². The summed E-state index contributed by atoms with van der Waals surface area (Å²) in [6.45, 7) is 0.592. The van der Waals surface area contributed by atoms with Crippen molar-refractivity contribution >= 4 is 32.4 Å². The maximum Gasteiger partial charge on any atom is 0.124 e. The molecule has 0 saturated heterocycles. The van der Waals surface area contributed by atoms with Crippen LogP contribution in [0, 0.1) is 5.82 Å². The molecule has 3 aromatic carbocycles. The van der Waals surface area contributed by atoms with Crippen molar-refractivity contribution in [2.45, 2.75) is 6.54 Å². The molecule has 100 valence electrons. The third-order valence-electron chi connectivity index (χ3n) is 3.17. The molecule has 3 rings (SSSR count). The van der Waals surface area contributed by atoms with Gasteiger partial charge in [-0.3, -0.25) is 0 Å². The first kappa shape index (κ1) is 13.1. The van der Waals surface area contributed by atoms with Crippen LogP contribution in [0.3, 0.4) is 0 Å². The van der Waals surface area contributed by atoms with Gasteiger partial charge < -0.3 is 5.32 Å². The van der Waals surface area contributed by atoms with E-state index in [0.29, 0.717) is 6.54 Å². The van der Waals surface area contributed by atoms with E-state index in [1.807, 2.05) is 24.3 Å². The van der Waals surface area contributed by atoms with E-state index in [0.717, 1.165) is 15.7 Å². The summed E-state index contributed by atoms with van der Waals surface area (Å²) in [7, 11) is 0. The Morgan fingerprint density at radius 1 is 0.900 bits per heavy atom. The van der Waals surface area contributed by atoms with Crippen LogP contribution in [-0.2, 0) is 6.54 Å². The highest BCUT2D eigenvalue weighted by Gasteiger charge is 2.00. The molecule has 0 aliphatic heterocycles. The van der Waals surface area contributed by atoms with Crippen molar-refractivity contribution in [1.29, 1.82) is 0 Å². The Kier molecular flexibility index (Phi) is 3.70. The van der Waals surface area contributed by atoms with Crippen LogP contribution in [0.2, 0.25) is 0 Å². The van der Waals surface area contributed by atoms with Gasteiger partial charge in [-0.1, -0.05) is 46.3 Å². The quantitative estimate of drug-likeness (QED) is 0.682. The minimum Gasteiger partial charge on any atom is -0.381 e. The van der Waals surface area contributed by atoms with Crippen LogP contribution in [0.5, 0.6) is 0 Å². The van der Waals surface area contributed by atoms with Gasteiger partial charge in [0.25, 0.3) is 0 Å². The number of hydrogen-bond acceptors (Lipinski definition) is 1. The number of nitrogens with one attached hydrogen (secondary N) is 1. The normalized spacial score (nSPS) is 10.7. The fourth-order valence-electron chi connectivity index (χ4n) is 2.22. The minimum absolute atomic E-state index is 0.227. The molecule has 0 bridgehead atoms. The van der Waals surface area contributed by atoms with Crippen molar-refractivity contribution in [1.82, 2.24) is 0 Å². The second-order valence-electron chi connectivity index (χ2n) is 4.69. The first-order valence-corrected chi connectivity index (χ1v) is 7.18. The maximum absolute atomic E-state index is 13.3. The topological polar surface area (TPSA) is 12.0 Å². The highest BCUT2D eigenvalue weighted by Crippen LogP contribution is 2.20. The Morgan fingerprint density at radius 3 is 2.50 bits per heavy atom. The molecule has 0 unspecified atom stereocenters. The summed E-state index contributed by atoms with van der Waals surface area (Å²) >= 11 is 3.30. The first-order chi connectivity index (χ1) is 9.70. The van der Waals surface area contributed by atoms with Gasteiger partial charge in [0.05, 0.1) is 0 Å². The molecule has 0 aromatic heterocycles.